The summed E-state index contributed by atoms with van der Waals surface area (Å²) in [5.74, 6) is 0.187. The molecule has 0 bridgehead atoms. The van der Waals surface area contributed by atoms with E-state index in [0.717, 1.165) is 29.6 Å². The van der Waals surface area contributed by atoms with Gasteiger partial charge in [0.25, 0.3) is 0 Å². The predicted molar refractivity (Wildman–Crippen MR) is 60.4 cm³/mol. The average Bonchev–Trinajstić information content (AvgIpc) is 2.30. The first-order valence-electron chi connectivity index (χ1n) is 5.14. The maximum absolute atomic E-state index is 10.1. The third-order valence-electron chi connectivity index (χ3n) is 2.70. The van der Waals surface area contributed by atoms with E-state index in [1.165, 1.54) is 0 Å². The van der Waals surface area contributed by atoms with E-state index in [2.05, 4.69) is 20.9 Å². The van der Waals surface area contributed by atoms with Crippen molar-refractivity contribution < 1.29 is 9.84 Å². The van der Waals surface area contributed by atoms with Gasteiger partial charge in [0.15, 0.2) is 0 Å². The number of aliphatic hydroxyl groups excluding tert-OH is 1. The van der Waals surface area contributed by atoms with Gasteiger partial charge in [-0.25, -0.2) is 0 Å². The smallest absolute Gasteiger partial charge is 0.101 e. The molecular weight excluding hydrogens is 258 g/mol. The van der Waals surface area contributed by atoms with Crippen molar-refractivity contribution in [3.63, 3.8) is 0 Å². The molecule has 1 saturated heterocycles. The lowest BCUT2D eigenvalue weighted by Crippen LogP contribution is -2.24. The van der Waals surface area contributed by atoms with Crippen molar-refractivity contribution in [2.45, 2.75) is 18.9 Å². The lowest BCUT2D eigenvalue weighted by molar-refractivity contribution is -0.0115. The average molecular weight is 272 g/mol. The van der Waals surface area contributed by atoms with Crippen molar-refractivity contribution in [3.05, 3.63) is 28.5 Å². The van der Waals surface area contributed by atoms with E-state index in [4.69, 9.17) is 4.74 Å². The van der Waals surface area contributed by atoms with Gasteiger partial charge in [0.1, 0.15) is 6.10 Å². The maximum atomic E-state index is 10.1. The third-order valence-corrected chi connectivity index (χ3v) is 3.16. The Balaban J connectivity index is 2.05. The maximum Gasteiger partial charge on any atom is 0.101 e. The van der Waals surface area contributed by atoms with Crippen LogP contribution in [0.2, 0.25) is 0 Å². The molecule has 3 nitrogen and oxygen atoms in total. The number of rotatable bonds is 2. The molecule has 2 unspecified atom stereocenters. The largest absolute Gasteiger partial charge is 0.386 e. The highest BCUT2D eigenvalue weighted by Crippen LogP contribution is 2.27. The number of ether oxygens (including phenoxy) is 1. The van der Waals surface area contributed by atoms with Crippen LogP contribution in [0.4, 0.5) is 0 Å². The normalized spacial score (nSPS) is 23.7. The molecule has 4 heteroatoms. The van der Waals surface area contributed by atoms with Crippen molar-refractivity contribution in [3.8, 4) is 0 Å². The van der Waals surface area contributed by atoms with Gasteiger partial charge in [0.2, 0.25) is 0 Å². The topological polar surface area (TPSA) is 42.4 Å². The first-order chi connectivity index (χ1) is 7.27. The number of nitrogens with zero attached hydrogens (tertiary/aromatic N) is 1. The van der Waals surface area contributed by atoms with Crippen LogP contribution in [-0.2, 0) is 4.74 Å². The molecule has 0 aliphatic carbocycles. The van der Waals surface area contributed by atoms with Gasteiger partial charge in [-0.1, -0.05) is 0 Å². The number of aromatic nitrogens is 1. The van der Waals surface area contributed by atoms with Crippen LogP contribution in [0.1, 0.15) is 24.6 Å². The summed E-state index contributed by atoms with van der Waals surface area (Å²) in [6.07, 6.45) is 3.25. The fourth-order valence-corrected chi connectivity index (χ4v) is 2.05. The molecule has 2 rings (SSSR count). The molecule has 0 spiro atoms. The quantitative estimate of drug-likeness (QED) is 0.898. The zero-order valence-electron chi connectivity index (χ0n) is 8.40. The highest BCUT2D eigenvalue weighted by atomic mass is 79.9. The number of aliphatic hydroxyl groups is 1. The minimum atomic E-state index is -0.501. The first-order valence-corrected chi connectivity index (χ1v) is 5.94. The fourth-order valence-electron chi connectivity index (χ4n) is 1.82. The molecule has 1 aromatic rings. The molecule has 0 radical (unpaired) electrons. The highest BCUT2D eigenvalue weighted by Gasteiger charge is 2.24. The minimum absolute atomic E-state index is 0.187. The van der Waals surface area contributed by atoms with Crippen LogP contribution in [0.15, 0.2) is 22.8 Å². The first kappa shape index (κ1) is 11.0. The van der Waals surface area contributed by atoms with E-state index in [1.54, 1.807) is 6.20 Å². The van der Waals surface area contributed by atoms with Gasteiger partial charge >= 0.3 is 0 Å². The summed E-state index contributed by atoms with van der Waals surface area (Å²) in [5, 5.41) is 10.1. The Kier molecular flexibility index (Phi) is 3.72. The summed E-state index contributed by atoms with van der Waals surface area (Å²) in [6, 6.07) is 3.75. The van der Waals surface area contributed by atoms with Crippen LogP contribution in [0.3, 0.4) is 0 Å². The Labute approximate surface area is 97.6 Å². The second-order valence-electron chi connectivity index (χ2n) is 3.82. The Morgan fingerprint density at radius 2 is 2.40 bits per heavy atom. The molecule has 1 aromatic heterocycles. The van der Waals surface area contributed by atoms with Crippen LogP contribution in [0.25, 0.3) is 0 Å². The molecule has 15 heavy (non-hydrogen) atoms. The number of halogens is 1. The second kappa shape index (κ2) is 5.05. The lowest BCUT2D eigenvalue weighted by Gasteiger charge is -2.26. The zero-order valence-corrected chi connectivity index (χ0v) is 9.98. The fraction of sp³-hybridized carbons (Fsp3) is 0.545. The van der Waals surface area contributed by atoms with E-state index < -0.39 is 6.10 Å². The van der Waals surface area contributed by atoms with E-state index in [-0.39, 0.29) is 5.92 Å². The van der Waals surface area contributed by atoms with Crippen LogP contribution in [-0.4, -0.2) is 23.3 Å². The van der Waals surface area contributed by atoms with E-state index in [1.807, 2.05) is 12.1 Å². The molecule has 82 valence electrons. The Morgan fingerprint density at radius 3 is 3.00 bits per heavy atom. The van der Waals surface area contributed by atoms with Crippen LogP contribution >= 0.6 is 15.9 Å². The summed E-state index contributed by atoms with van der Waals surface area (Å²) in [5.41, 5.74) is 0.730. The molecule has 1 N–H and O–H groups in total. The zero-order chi connectivity index (χ0) is 10.7. The predicted octanol–water partition coefficient (Wildman–Crippen LogP) is 2.30. The summed E-state index contributed by atoms with van der Waals surface area (Å²) >= 11 is 3.32. The Morgan fingerprint density at radius 1 is 1.53 bits per heavy atom. The van der Waals surface area contributed by atoms with Gasteiger partial charge in [-0.3, -0.25) is 4.98 Å². The van der Waals surface area contributed by atoms with E-state index >= 15 is 0 Å². The van der Waals surface area contributed by atoms with E-state index in [9.17, 15) is 5.11 Å². The monoisotopic (exact) mass is 271 g/mol. The minimum Gasteiger partial charge on any atom is -0.386 e. The van der Waals surface area contributed by atoms with Gasteiger partial charge in [-0.05, 0) is 40.9 Å². The molecule has 2 heterocycles. The Bertz CT molecular complexity index is 309. The van der Waals surface area contributed by atoms with Crippen molar-refractivity contribution in [1.82, 2.24) is 4.98 Å². The SMILES string of the molecule is OC(c1ccc(Br)cn1)C1CCCOC1. The number of hydrogen-bond donors (Lipinski definition) is 1. The summed E-state index contributed by atoms with van der Waals surface area (Å²) < 4.78 is 6.28. The molecule has 1 fully saturated rings. The third kappa shape index (κ3) is 2.77. The van der Waals surface area contributed by atoms with Gasteiger partial charge < -0.3 is 9.84 Å². The molecule has 1 aliphatic rings. The number of pyridine rings is 1. The molecule has 1 aliphatic heterocycles. The van der Waals surface area contributed by atoms with E-state index in [0.29, 0.717) is 6.61 Å². The van der Waals surface area contributed by atoms with Gasteiger partial charge in [-0.2, -0.15) is 0 Å². The second-order valence-corrected chi connectivity index (χ2v) is 4.74. The summed E-state index contributed by atoms with van der Waals surface area (Å²) in [7, 11) is 0. The van der Waals surface area contributed by atoms with Crippen LogP contribution in [0, 0.1) is 5.92 Å². The molecule has 2 atom stereocenters. The highest BCUT2D eigenvalue weighted by molar-refractivity contribution is 9.10. The molecular formula is C11H14BrNO2. The van der Waals surface area contributed by atoms with Crippen molar-refractivity contribution in [1.29, 1.82) is 0 Å². The van der Waals surface area contributed by atoms with Gasteiger partial charge in [0, 0.05) is 23.2 Å². The molecule has 0 amide bonds. The van der Waals surface area contributed by atoms with Crippen molar-refractivity contribution in [2.75, 3.05) is 13.2 Å². The molecule has 0 aromatic carbocycles. The van der Waals surface area contributed by atoms with Crippen molar-refractivity contribution >= 4 is 15.9 Å². The standard InChI is InChI=1S/C11H14BrNO2/c12-9-3-4-10(13-6-9)11(14)8-2-1-5-15-7-8/h3-4,6,8,11,14H,1-2,5,7H2. The van der Waals surface area contributed by atoms with Crippen LogP contribution in [0.5, 0.6) is 0 Å². The van der Waals surface area contributed by atoms with Crippen LogP contribution < -0.4 is 0 Å². The summed E-state index contributed by atoms with van der Waals surface area (Å²) in [6.45, 7) is 1.45. The van der Waals surface area contributed by atoms with Crippen molar-refractivity contribution in [2.24, 2.45) is 5.92 Å². The number of hydrogen-bond acceptors (Lipinski definition) is 3. The van der Waals surface area contributed by atoms with Gasteiger partial charge in [-0.15, -0.1) is 0 Å². The Hall–Kier alpha value is -0.450. The molecule has 0 saturated carbocycles. The summed E-state index contributed by atoms with van der Waals surface area (Å²) in [4.78, 5) is 4.20. The lowest BCUT2D eigenvalue weighted by atomic mass is 9.94. The van der Waals surface area contributed by atoms with Gasteiger partial charge in [0.05, 0.1) is 12.3 Å².